The van der Waals surface area contributed by atoms with Crippen LogP contribution in [0.5, 0.6) is 0 Å². The minimum atomic E-state index is -0.283. The topological polar surface area (TPSA) is 81.1 Å². The minimum Gasteiger partial charge on any atom is -0.368 e. The van der Waals surface area contributed by atoms with E-state index in [2.05, 4.69) is 5.32 Å². The van der Waals surface area contributed by atoms with E-state index < -0.39 is 0 Å². The number of carbonyl (C=O) groups is 1. The van der Waals surface area contributed by atoms with Crippen molar-refractivity contribution < 1.29 is 4.79 Å². The van der Waals surface area contributed by atoms with Gasteiger partial charge in [-0.3, -0.25) is 4.79 Å². The third-order valence-corrected chi connectivity index (χ3v) is 2.68. The van der Waals surface area contributed by atoms with E-state index in [4.69, 9.17) is 11.5 Å². The van der Waals surface area contributed by atoms with Gasteiger partial charge in [0.05, 0.1) is 6.04 Å². The van der Waals surface area contributed by atoms with Gasteiger partial charge in [-0.15, -0.1) is 0 Å². The first kappa shape index (κ1) is 10.5. The summed E-state index contributed by atoms with van der Waals surface area (Å²) in [4.78, 5) is 10.8. The normalized spacial score (nSPS) is 31.2. The number of rotatable bonds is 3. The Labute approximate surface area is 79.0 Å². The standard InChI is InChI=1S/C9H19N3O/c1-6(9(11)13)12-8-4-2-7(10)3-5-8/h6-8,12H,2-5,10H2,1H3,(H2,11,13). The summed E-state index contributed by atoms with van der Waals surface area (Å²) in [5, 5.41) is 3.21. The number of primary amides is 1. The molecule has 0 aliphatic heterocycles. The molecule has 0 heterocycles. The van der Waals surface area contributed by atoms with Crippen LogP contribution >= 0.6 is 0 Å². The summed E-state index contributed by atoms with van der Waals surface area (Å²) in [6.45, 7) is 1.80. The van der Waals surface area contributed by atoms with Crippen LogP contribution in [-0.2, 0) is 4.79 Å². The highest BCUT2D eigenvalue weighted by Gasteiger charge is 2.20. The molecule has 1 unspecified atom stereocenters. The summed E-state index contributed by atoms with van der Waals surface area (Å²) in [6.07, 6.45) is 4.20. The highest BCUT2D eigenvalue weighted by Crippen LogP contribution is 2.17. The Hall–Kier alpha value is -0.610. The Morgan fingerprint density at radius 3 is 2.38 bits per heavy atom. The van der Waals surface area contributed by atoms with Crippen LogP contribution in [-0.4, -0.2) is 24.0 Å². The molecule has 4 heteroatoms. The minimum absolute atomic E-state index is 0.223. The quantitative estimate of drug-likeness (QED) is 0.565. The van der Waals surface area contributed by atoms with E-state index in [1.165, 1.54) is 0 Å². The van der Waals surface area contributed by atoms with E-state index in [0.29, 0.717) is 12.1 Å². The summed E-state index contributed by atoms with van der Waals surface area (Å²) in [5.41, 5.74) is 10.9. The van der Waals surface area contributed by atoms with Gasteiger partial charge in [-0.2, -0.15) is 0 Å². The van der Waals surface area contributed by atoms with Gasteiger partial charge in [0.2, 0.25) is 5.91 Å². The third kappa shape index (κ3) is 3.32. The summed E-state index contributed by atoms with van der Waals surface area (Å²) in [5.74, 6) is -0.283. The Bertz CT molecular complexity index is 176. The Morgan fingerprint density at radius 2 is 1.92 bits per heavy atom. The molecular weight excluding hydrogens is 166 g/mol. The van der Waals surface area contributed by atoms with E-state index in [-0.39, 0.29) is 11.9 Å². The smallest absolute Gasteiger partial charge is 0.234 e. The fourth-order valence-electron chi connectivity index (χ4n) is 1.72. The lowest BCUT2D eigenvalue weighted by atomic mass is 9.91. The predicted molar refractivity (Wildman–Crippen MR) is 52.0 cm³/mol. The van der Waals surface area contributed by atoms with E-state index in [9.17, 15) is 4.79 Å². The van der Waals surface area contributed by atoms with Crippen LogP contribution in [0.1, 0.15) is 32.6 Å². The first-order valence-corrected chi connectivity index (χ1v) is 4.90. The molecule has 1 saturated carbocycles. The number of hydrogen-bond donors (Lipinski definition) is 3. The van der Waals surface area contributed by atoms with Gasteiger partial charge in [-0.1, -0.05) is 0 Å². The van der Waals surface area contributed by atoms with Crippen molar-refractivity contribution in [2.24, 2.45) is 11.5 Å². The number of amides is 1. The second kappa shape index (κ2) is 4.58. The van der Waals surface area contributed by atoms with Crippen LogP contribution in [0.25, 0.3) is 0 Å². The van der Waals surface area contributed by atoms with Gasteiger partial charge in [-0.25, -0.2) is 0 Å². The van der Waals surface area contributed by atoms with Crippen molar-refractivity contribution in [1.29, 1.82) is 0 Å². The van der Waals surface area contributed by atoms with Crippen molar-refractivity contribution in [3.05, 3.63) is 0 Å². The average Bonchev–Trinajstić information content (AvgIpc) is 2.08. The van der Waals surface area contributed by atoms with Crippen LogP contribution in [0.2, 0.25) is 0 Å². The first-order valence-electron chi connectivity index (χ1n) is 4.90. The van der Waals surface area contributed by atoms with Crippen LogP contribution < -0.4 is 16.8 Å². The Balaban J connectivity index is 2.26. The molecule has 0 aromatic heterocycles. The van der Waals surface area contributed by atoms with Crippen molar-refractivity contribution in [3.63, 3.8) is 0 Å². The summed E-state index contributed by atoms with van der Waals surface area (Å²) < 4.78 is 0. The molecule has 0 saturated heterocycles. The highest BCUT2D eigenvalue weighted by atomic mass is 16.1. The van der Waals surface area contributed by atoms with Gasteiger partial charge < -0.3 is 16.8 Å². The summed E-state index contributed by atoms with van der Waals surface area (Å²) in [6, 6.07) is 0.545. The number of nitrogens with two attached hydrogens (primary N) is 2. The number of hydrogen-bond acceptors (Lipinski definition) is 3. The van der Waals surface area contributed by atoms with Gasteiger partial charge in [0.1, 0.15) is 0 Å². The zero-order chi connectivity index (χ0) is 9.84. The lowest BCUT2D eigenvalue weighted by Crippen LogP contribution is -2.46. The lowest BCUT2D eigenvalue weighted by molar-refractivity contribution is -0.119. The molecule has 0 aromatic rings. The van der Waals surface area contributed by atoms with Crippen LogP contribution in [0.4, 0.5) is 0 Å². The monoisotopic (exact) mass is 185 g/mol. The summed E-state index contributed by atoms with van der Waals surface area (Å²) >= 11 is 0. The van der Waals surface area contributed by atoms with Gasteiger partial charge in [0.15, 0.2) is 0 Å². The van der Waals surface area contributed by atoms with Gasteiger partial charge in [-0.05, 0) is 32.6 Å². The molecule has 0 aromatic carbocycles. The second-order valence-corrected chi connectivity index (χ2v) is 3.90. The maximum absolute atomic E-state index is 10.8. The van der Waals surface area contributed by atoms with E-state index in [1.807, 2.05) is 0 Å². The zero-order valence-electron chi connectivity index (χ0n) is 8.12. The summed E-state index contributed by atoms with van der Waals surface area (Å²) in [7, 11) is 0. The Kier molecular flexibility index (Phi) is 3.69. The van der Waals surface area contributed by atoms with E-state index in [1.54, 1.807) is 6.92 Å². The second-order valence-electron chi connectivity index (χ2n) is 3.90. The molecule has 4 nitrogen and oxygen atoms in total. The fourth-order valence-corrected chi connectivity index (χ4v) is 1.72. The Morgan fingerprint density at radius 1 is 1.38 bits per heavy atom. The van der Waals surface area contributed by atoms with Gasteiger partial charge >= 0.3 is 0 Å². The van der Waals surface area contributed by atoms with Crippen LogP contribution in [0.15, 0.2) is 0 Å². The molecule has 0 spiro atoms. The number of nitrogens with one attached hydrogen (secondary N) is 1. The van der Waals surface area contributed by atoms with Gasteiger partial charge in [0, 0.05) is 12.1 Å². The van der Waals surface area contributed by atoms with E-state index >= 15 is 0 Å². The van der Waals surface area contributed by atoms with Crippen LogP contribution in [0, 0.1) is 0 Å². The van der Waals surface area contributed by atoms with Crippen LogP contribution in [0.3, 0.4) is 0 Å². The number of carbonyl (C=O) groups excluding carboxylic acids is 1. The SMILES string of the molecule is CC(NC1CCC(N)CC1)C(N)=O. The molecule has 1 rings (SSSR count). The maximum atomic E-state index is 10.8. The maximum Gasteiger partial charge on any atom is 0.234 e. The van der Waals surface area contributed by atoms with Crippen molar-refractivity contribution in [2.75, 3.05) is 0 Å². The molecule has 1 aliphatic carbocycles. The molecule has 1 fully saturated rings. The molecule has 1 atom stereocenters. The van der Waals surface area contributed by atoms with Crippen molar-refractivity contribution >= 4 is 5.91 Å². The van der Waals surface area contributed by atoms with Crippen molar-refractivity contribution in [3.8, 4) is 0 Å². The fraction of sp³-hybridized carbons (Fsp3) is 0.889. The lowest BCUT2D eigenvalue weighted by Gasteiger charge is -2.28. The third-order valence-electron chi connectivity index (χ3n) is 2.68. The zero-order valence-corrected chi connectivity index (χ0v) is 8.12. The van der Waals surface area contributed by atoms with E-state index in [0.717, 1.165) is 25.7 Å². The van der Waals surface area contributed by atoms with Crippen molar-refractivity contribution in [2.45, 2.75) is 50.7 Å². The van der Waals surface area contributed by atoms with Crippen molar-refractivity contribution in [1.82, 2.24) is 5.32 Å². The average molecular weight is 185 g/mol. The molecule has 0 bridgehead atoms. The molecule has 76 valence electrons. The molecular formula is C9H19N3O. The predicted octanol–water partition coefficient (Wildman–Crippen LogP) is -0.280. The molecule has 1 amide bonds. The first-order chi connectivity index (χ1) is 6.09. The molecule has 1 aliphatic rings. The van der Waals surface area contributed by atoms with Gasteiger partial charge in [0.25, 0.3) is 0 Å². The largest absolute Gasteiger partial charge is 0.368 e. The molecule has 5 N–H and O–H groups in total. The molecule has 0 radical (unpaired) electrons. The molecule has 13 heavy (non-hydrogen) atoms. The highest BCUT2D eigenvalue weighted by molar-refractivity contribution is 5.79.